The summed E-state index contributed by atoms with van der Waals surface area (Å²) in [6, 6.07) is 5.42. The van der Waals surface area contributed by atoms with Gasteiger partial charge in [-0.25, -0.2) is 0 Å². The molecule has 1 aromatic heterocycles. The number of amides is 1. The number of hydrogen-bond acceptors (Lipinski definition) is 3. The van der Waals surface area contributed by atoms with Crippen molar-refractivity contribution in [3.8, 4) is 0 Å². The second kappa shape index (κ2) is 6.95. The van der Waals surface area contributed by atoms with E-state index in [0.29, 0.717) is 23.0 Å². The summed E-state index contributed by atoms with van der Waals surface area (Å²) in [5.74, 6) is 0.0135. The van der Waals surface area contributed by atoms with E-state index in [2.05, 4.69) is 31.4 Å². The van der Waals surface area contributed by atoms with Crippen LogP contribution in [0.2, 0.25) is 0 Å². The highest BCUT2D eigenvalue weighted by molar-refractivity contribution is 9.10. The number of anilines is 2. The molecule has 0 aliphatic carbocycles. The first-order valence-corrected chi connectivity index (χ1v) is 7.10. The highest BCUT2D eigenvalue weighted by atomic mass is 79.9. The number of nitrogens with zero attached hydrogens (tertiary/aromatic N) is 1. The van der Waals surface area contributed by atoms with Crippen LogP contribution in [0.1, 0.15) is 41.5 Å². The molecule has 1 heterocycles. The minimum atomic E-state index is -0.280. The molecule has 0 atom stereocenters. The molecule has 7 heteroatoms. The predicted octanol–water partition coefficient (Wildman–Crippen LogP) is 3.86. The van der Waals surface area contributed by atoms with Gasteiger partial charge < -0.3 is 11.1 Å². The molecule has 0 spiro atoms. The average Bonchev–Trinajstić information content (AvgIpc) is 2.85. The van der Waals surface area contributed by atoms with Gasteiger partial charge in [0, 0.05) is 10.2 Å². The van der Waals surface area contributed by atoms with Gasteiger partial charge in [-0.3, -0.25) is 9.89 Å². The van der Waals surface area contributed by atoms with E-state index in [4.69, 9.17) is 5.73 Å². The van der Waals surface area contributed by atoms with E-state index in [9.17, 15) is 4.79 Å². The van der Waals surface area contributed by atoms with E-state index < -0.39 is 0 Å². The first kappa shape index (κ1) is 17.5. The molecule has 0 saturated heterocycles. The largest absolute Gasteiger partial charge is 0.397 e. The van der Waals surface area contributed by atoms with E-state index in [0.717, 1.165) is 15.7 Å². The SMILES string of the molecule is Cc1cc(Br)cc(NC(=O)c2cc(C(C)C)[nH]n2)c1N.Cl. The fourth-order valence-corrected chi connectivity index (χ4v) is 2.37. The Hall–Kier alpha value is -1.53. The Morgan fingerprint density at radius 1 is 1.38 bits per heavy atom. The highest BCUT2D eigenvalue weighted by Gasteiger charge is 2.14. The third-order valence-electron chi connectivity index (χ3n) is 3.05. The molecular formula is C14H18BrClN4O. The second-order valence-corrected chi connectivity index (χ2v) is 5.92. The van der Waals surface area contributed by atoms with Gasteiger partial charge in [0.05, 0.1) is 11.4 Å². The Bertz CT molecular complexity index is 654. The van der Waals surface area contributed by atoms with E-state index in [1.165, 1.54) is 0 Å². The molecule has 21 heavy (non-hydrogen) atoms. The normalized spacial score (nSPS) is 10.3. The van der Waals surface area contributed by atoms with Crippen LogP contribution < -0.4 is 11.1 Å². The molecule has 1 amide bonds. The third kappa shape index (κ3) is 3.98. The van der Waals surface area contributed by atoms with Gasteiger partial charge in [-0.05, 0) is 36.6 Å². The molecule has 2 rings (SSSR count). The third-order valence-corrected chi connectivity index (χ3v) is 3.51. The van der Waals surface area contributed by atoms with Crippen LogP contribution in [0.5, 0.6) is 0 Å². The standard InChI is InChI=1S/C14H17BrN4O.ClH/c1-7(2)10-6-12(19-18-10)14(20)17-11-5-9(15)4-8(3)13(11)16;/h4-7H,16H2,1-3H3,(H,17,20)(H,18,19);1H. The number of rotatable bonds is 3. The van der Waals surface area contributed by atoms with Crippen LogP contribution in [-0.2, 0) is 0 Å². The number of H-pyrrole nitrogens is 1. The van der Waals surface area contributed by atoms with Gasteiger partial charge >= 0.3 is 0 Å². The summed E-state index contributed by atoms with van der Waals surface area (Å²) in [5, 5.41) is 9.66. The second-order valence-electron chi connectivity index (χ2n) is 5.00. The minimum Gasteiger partial charge on any atom is -0.397 e. The van der Waals surface area contributed by atoms with Crippen molar-refractivity contribution in [2.24, 2.45) is 0 Å². The van der Waals surface area contributed by atoms with Crippen molar-refractivity contribution >= 4 is 45.6 Å². The molecule has 0 aliphatic rings. The van der Waals surface area contributed by atoms with Crippen LogP contribution in [0.25, 0.3) is 0 Å². The summed E-state index contributed by atoms with van der Waals surface area (Å²) in [4.78, 5) is 12.2. The van der Waals surface area contributed by atoms with Gasteiger partial charge in [0.25, 0.3) is 5.91 Å². The molecule has 0 saturated carbocycles. The monoisotopic (exact) mass is 372 g/mol. The predicted molar refractivity (Wildman–Crippen MR) is 91.2 cm³/mol. The summed E-state index contributed by atoms with van der Waals surface area (Å²) in [6.07, 6.45) is 0. The molecule has 0 bridgehead atoms. The number of nitrogen functional groups attached to an aromatic ring is 1. The number of aromatic amines is 1. The van der Waals surface area contributed by atoms with Crippen molar-refractivity contribution in [3.63, 3.8) is 0 Å². The highest BCUT2D eigenvalue weighted by Crippen LogP contribution is 2.27. The molecule has 1 aromatic carbocycles. The molecule has 114 valence electrons. The molecule has 5 nitrogen and oxygen atoms in total. The number of aryl methyl sites for hydroxylation is 1. The molecule has 0 fully saturated rings. The Morgan fingerprint density at radius 3 is 2.62 bits per heavy atom. The Morgan fingerprint density at radius 2 is 2.05 bits per heavy atom. The lowest BCUT2D eigenvalue weighted by atomic mass is 10.1. The maximum Gasteiger partial charge on any atom is 0.276 e. The maximum absolute atomic E-state index is 12.2. The summed E-state index contributed by atoms with van der Waals surface area (Å²) in [6.45, 7) is 5.96. The van der Waals surface area contributed by atoms with Crippen LogP contribution in [-0.4, -0.2) is 16.1 Å². The number of carbonyl (C=O) groups excluding carboxylic acids is 1. The molecule has 2 aromatic rings. The van der Waals surface area contributed by atoms with Gasteiger partial charge in [-0.1, -0.05) is 29.8 Å². The number of nitrogens with one attached hydrogen (secondary N) is 2. The zero-order valence-electron chi connectivity index (χ0n) is 12.0. The maximum atomic E-state index is 12.2. The zero-order valence-corrected chi connectivity index (χ0v) is 14.4. The van der Waals surface area contributed by atoms with Crippen LogP contribution in [0, 0.1) is 6.92 Å². The summed E-state index contributed by atoms with van der Waals surface area (Å²) in [7, 11) is 0. The topological polar surface area (TPSA) is 83.8 Å². The fourth-order valence-electron chi connectivity index (χ4n) is 1.79. The Labute approximate surface area is 138 Å². The number of benzene rings is 1. The van der Waals surface area contributed by atoms with Gasteiger partial charge in [0.1, 0.15) is 0 Å². The lowest BCUT2D eigenvalue weighted by molar-refractivity contribution is 0.102. The minimum absolute atomic E-state index is 0. The van der Waals surface area contributed by atoms with Gasteiger partial charge in [-0.2, -0.15) is 5.10 Å². The van der Waals surface area contributed by atoms with Gasteiger partial charge in [-0.15, -0.1) is 12.4 Å². The number of carbonyl (C=O) groups is 1. The van der Waals surface area contributed by atoms with Crippen molar-refractivity contribution in [3.05, 3.63) is 39.6 Å². The lowest BCUT2D eigenvalue weighted by Crippen LogP contribution is -2.14. The first-order valence-electron chi connectivity index (χ1n) is 6.30. The van der Waals surface area contributed by atoms with Gasteiger partial charge in [0.2, 0.25) is 0 Å². The van der Waals surface area contributed by atoms with Crippen LogP contribution >= 0.6 is 28.3 Å². The van der Waals surface area contributed by atoms with Crippen molar-refractivity contribution in [1.29, 1.82) is 0 Å². The number of hydrogen-bond donors (Lipinski definition) is 3. The molecule has 0 radical (unpaired) electrons. The van der Waals surface area contributed by atoms with E-state index >= 15 is 0 Å². The molecule has 4 N–H and O–H groups in total. The summed E-state index contributed by atoms with van der Waals surface area (Å²) in [5.41, 5.74) is 9.28. The van der Waals surface area contributed by atoms with Crippen LogP contribution in [0.3, 0.4) is 0 Å². The van der Waals surface area contributed by atoms with Gasteiger partial charge in [0.15, 0.2) is 5.69 Å². The first-order chi connectivity index (χ1) is 9.38. The van der Waals surface area contributed by atoms with E-state index in [1.54, 1.807) is 12.1 Å². The van der Waals surface area contributed by atoms with Crippen molar-refractivity contribution in [2.75, 3.05) is 11.1 Å². The Balaban J connectivity index is 0.00000220. The quantitative estimate of drug-likeness (QED) is 0.714. The lowest BCUT2D eigenvalue weighted by Gasteiger charge is -2.10. The van der Waals surface area contributed by atoms with E-state index in [-0.39, 0.29) is 18.3 Å². The number of halogens is 2. The molecule has 0 unspecified atom stereocenters. The zero-order chi connectivity index (χ0) is 14.9. The fraction of sp³-hybridized carbons (Fsp3) is 0.286. The van der Waals surface area contributed by atoms with Crippen molar-refractivity contribution < 1.29 is 4.79 Å². The van der Waals surface area contributed by atoms with Crippen LogP contribution in [0.4, 0.5) is 11.4 Å². The van der Waals surface area contributed by atoms with Crippen molar-refractivity contribution in [1.82, 2.24) is 10.2 Å². The summed E-state index contributed by atoms with van der Waals surface area (Å²) < 4.78 is 0.865. The smallest absolute Gasteiger partial charge is 0.276 e. The molecule has 0 aliphatic heterocycles. The van der Waals surface area contributed by atoms with E-state index in [1.807, 2.05) is 26.8 Å². The number of nitrogens with two attached hydrogens (primary N) is 1. The number of aromatic nitrogens is 2. The summed E-state index contributed by atoms with van der Waals surface area (Å²) >= 11 is 3.39. The van der Waals surface area contributed by atoms with Crippen molar-refractivity contribution in [2.45, 2.75) is 26.7 Å². The average molecular weight is 374 g/mol. The Kier molecular flexibility index (Phi) is 5.80. The molecular weight excluding hydrogens is 356 g/mol. The van der Waals surface area contributed by atoms with Crippen LogP contribution in [0.15, 0.2) is 22.7 Å².